The Balaban J connectivity index is 0.00000192. The van der Waals surface area contributed by atoms with E-state index in [1.807, 2.05) is 47.2 Å². The molecule has 1 unspecified atom stereocenters. The number of benzene rings is 1. The van der Waals surface area contributed by atoms with Gasteiger partial charge in [-0.05, 0) is 44.4 Å². The third-order valence-electron chi connectivity index (χ3n) is 4.28. The van der Waals surface area contributed by atoms with Crippen LogP contribution in [0.2, 0.25) is 0 Å². The molecule has 1 heterocycles. The zero-order chi connectivity index (χ0) is 15.2. The number of thiazole rings is 1. The summed E-state index contributed by atoms with van der Waals surface area (Å²) in [6, 6.07) is 10.7. The van der Waals surface area contributed by atoms with Crippen LogP contribution >= 0.6 is 11.3 Å². The van der Waals surface area contributed by atoms with E-state index in [1.165, 1.54) is 23.4 Å². The molecule has 0 bridgehead atoms. The molecule has 2 aromatic rings. The van der Waals surface area contributed by atoms with E-state index in [9.17, 15) is 0 Å². The Hall–Kier alpha value is -1.39. The molecule has 1 aromatic carbocycles. The molecule has 3 nitrogen and oxygen atoms in total. The Bertz CT molecular complexity index is 570. The molecule has 3 rings (SSSR count). The van der Waals surface area contributed by atoms with Crippen LogP contribution in [-0.4, -0.2) is 35.6 Å². The molecule has 1 aromatic heterocycles. The number of aryl methyl sites for hydroxylation is 1. The van der Waals surface area contributed by atoms with E-state index >= 15 is 0 Å². The lowest BCUT2D eigenvalue weighted by atomic mass is 9.96. The van der Waals surface area contributed by atoms with Gasteiger partial charge < -0.3 is 4.74 Å². The van der Waals surface area contributed by atoms with Crippen molar-refractivity contribution in [2.45, 2.75) is 46.1 Å². The molecule has 0 amide bonds. The SMILES string of the molecule is C.CCCN(CCOc1ccccc1)C1CCc2ncsc2C1. The molecule has 0 saturated heterocycles. The van der Waals surface area contributed by atoms with Crippen LogP contribution in [0.25, 0.3) is 0 Å². The van der Waals surface area contributed by atoms with E-state index in [1.54, 1.807) is 0 Å². The Labute approximate surface area is 144 Å². The Morgan fingerprint density at radius 3 is 2.87 bits per heavy atom. The summed E-state index contributed by atoms with van der Waals surface area (Å²) in [5.74, 6) is 0.965. The van der Waals surface area contributed by atoms with Crippen LogP contribution in [0.15, 0.2) is 35.8 Å². The Kier molecular flexibility index (Phi) is 7.06. The van der Waals surface area contributed by atoms with Gasteiger partial charge >= 0.3 is 0 Å². The average molecular weight is 333 g/mol. The van der Waals surface area contributed by atoms with Crippen molar-refractivity contribution in [3.05, 3.63) is 46.4 Å². The fourth-order valence-corrected chi connectivity index (χ4v) is 4.04. The van der Waals surface area contributed by atoms with Crippen molar-refractivity contribution in [1.29, 1.82) is 0 Å². The quantitative estimate of drug-likeness (QED) is 0.750. The molecule has 1 aliphatic rings. The van der Waals surface area contributed by atoms with E-state index in [-0.39, 0.29) is 7.43 Å². The summed E-state index contributed by atoms with van der Waals surface area (Å²) in [4.78, 5) is 8.56. The number of fused-ring (bicyclic) bond motifs is 1. The van der Waals surface area contributed by atoms with Crippen LogP contribution in [0.5, 0.6) is 5.75 Å². The van der Waals surface area contributed by atoms with Crippen LogP contribution in [0.4, 0.5) is 0 Å². The third-order valence-corrected chi connectivity index (χ3v) is 5.18. The monoisotopic (exact) mass is 332 g/mol. The normalized spacial score (nSPS) is 16.7. The smallest absolute Gasteiger partial charge is 0.119 e. The van der Waals surface area contributed by atoms with E-state index in [0.717, 1.165) is 38.3 Å². The van der Waals surface area contributed by atoms with Crippen LogP contribution in [0.3, 0.4) is 0 Å². The lowest BCUT2D eigenvalue weighted by Crippen LogP contribution is -2.41. The molecule has 0 spiro atoms. The zero-order valence-corrected chi connectivity index (χ0v) is 14.0. The fraction of sp³-hybridized carbons (Fsp3) is 0.526. The summed E-state index contributed by atoms with van der Waals surface area (Å²) < 4.78 is 5.88. The van der Waals surface area contributed by atoms with Crippen molar-refractivity contribution < 1.29 is 4.74 Å². The molecular weight excluding hydrogens is 304 g/mol. The third kappa shape index (κ3) is 4.79. The highest BCUT2D eigenvalue weighted by Gasteiger charge is 2.25. The number of hydrogen-bond acceptors (Lipinski definition) is 4. The zero-order valence-electron chi connectivity index (χ0n) is 13.2. The van der Waals surface area contributed by atoms with Gasteiger partial charge in [0.05, 0.1) is 11.2 Å². The van der Waals surface area contributed by atoms with Gasteiger partial charge in [-0.2, -0.15) is 0 Å². The summed E-state index contributed by atoms with van der Waals surface area (Å²) in [6.45, 7) is 5.17. The molecule has 23 heavy (non-hydrogen) atoms. The first kappa shape index (κ1) is 18.0. The number of hydrogen-bond donors (Lipinski definition) is 0. The first-order valence-electron chi connectivity index (χ1n) is 8.20. The highest BCUT2D eigenvalue weighted by Crippen LogP contribution is 2.26. The van der Waals surface area contributed by atoms with Gasteiger partial charge in [0.2, 0.25) is 0 Å². The van der Waals surface area contributed by atoms with Gasteiger partial charge in [-0.25, -0.2) is 4.98 Å². The lowest BCUT2D eigenvalue weighted by molar-refractivity contribution is 0.148. The maximum absolute atomic E-state index is 5.88. The van der Waals surface area contributed by atoms with Crippen molar-refractivity contribution in [2.24, 2.45) is 0 Å². The highest BCUT2D eigenvalue weighted by atomic mass is 32.1. The van der Waals surface area contributed by atoms with Gasteiger partial charge in [0.15, 0.2) is 0 Å². The van der Waals surface area contributed by atoms with Crippen LogP contribution in [0.1, 0.15) is 37.8 Å². The summed E-state index contributed by atoms with van der Waals surface area (Å²) in [5, 5.41) is 0. The van der Waals surface area contributed by atoms with Gasteiger partial charge in [-0.15, -0.1) is 11.3 Å². The van der Waals surface area contributed by atoms with Gasteiger partial charge in [-0.3, -0.25) is 4.90 Å². The van der Waals surface area contributed by atoms with Crippen molar-refractivity contribution in [3.63, 3.8) is 0 Å². The molecule has 1 atom stereocenters. The summed E-state index contributed by atoms with van der Waals surface area (Å²) in [6.07, 6.45) is 4.70. The number of ether oxygens (including phenoxy) is 1. The summed E-state index contributed by atoms with van der Waals surface area (Å²) in [5.41, 5.74) is 3.33. The van der Waals surface area contributed by atoms with Crippen LogP contribution in [0, 0.1) is 0 Å². The molecule has 0 aliphatic heterocycles. The predicted molar refractivity (Wildman–Crippen MR) is 98.5 cm³/mol. The molecule has 0 N–H and O–H groups in total. The van der Waals surface area contributed by atoms with Gasteiger partial charge in [0.25, 0.3) is 0 Å². The van der Waals surface area contributed by atoms with E-state index in [0.29, 0.717) is 6.04 Å². The van der Waals surface area contributed by atoms with Crippen molar-refractivity contribution >= 4 is 11.3 Å². The molecule has 4 heteroatoms. The second-order valence-electron chi connectivity index (χ2n) is 5.82. The lowest BCUT2D eigenvalue weighted by Gasteiger charge is -2.33. The van der Waals surface area contributed by atoms with Crippen LogP contribution in [-0.2, 0) is 12.8 Å². The van der Waals surface area contributed by atoms with E-state index < -0.39 is 0 Å². The fourth-order valence-electron chi connectivity index (χ4n) is 3.16. The average Bonchev–Trinajstić information content (AvgIpc) is 3.02. The minimum absolute atomic E-state index is 0. The standard InChI is InChI=1S/C18H24N2OS.CH4/c1-2-10-20(11-12-21-16-6-4-3-5-7-16)15-8-9-17-18(13-15)22-14-19-17;/h3-7,14-15H,2,8-13H2,1H3;1H4. The number of aromatic nitrogens is 1. The topological polar surface area (TPSA) is 25.4 Å². The van der Waals surface area contributed by atoms with Crippen molar-refractivity contribution in [2.75, 3.05) is 19.7 Å². The molecule has 0 saturated carbocycles. The van der Waals surface area contributed by atoms with Gasteiger partial charge in [0, 0.05) is 17.5 Å². The van der Waals surface area contributed by atoms with Gasteiger partial charge in [-0.1, -0.05) is 32.5 Å². The first-order valence-corrected chi connectivity index (χ1v) is 9.08. The molecule has 0 radical (unpaired) electrons. The second-order valence-corrected chi connectivity index (χ2v) is 6.76. The first-order chi connectivity index (χ1) is 10.9. The van der Waals surface area contributed by atoms with Gasteiger partial charge in [0.1, 0.15) is 12.4 Å². The van der Waals surface area contributed by atoms with E-state index in [2.05, 4.69) is 16.8 Å². The van der Waals surface area contributed by atoms with Crippen molar-refractivity contribution in [3.8, 4) is 5.75 Å². The molecular formula is C19H28N2OS. The van der Waals surface area contributed by atoms with E-state index in [4.69, 9.17) is 4.74 Å². The summed E-state index contributed by atoms with van der Waals surface area (Å²) >= 11 is 1.82. The van der Waals surface area contributed by atoms with Crippen LogP contribution < -0.4 is 4.74 Å². The molecule has 0 fully saturated rings. The maximum Gasteiger partial charge on any atom is 0.119 e. The highest BCUT2D eigenvalue weighted by molar-refractivity contribution is 7.09. The number of rotatable bonds is 7. The Morgan fingerprint density at radius 1 is 1.26 bits per heavy atom. The minimum atomic E-state index is 0. The maximum atomic E-state index is 5.88. The minimum Gasteiger partial charge on any atom is -0.492 e. The summed E-state index contributed by atoms with van der Waals surface area (Å²) in [7, 11) is 0. The largest absolute Gasteiger partial charge is 0.492 e. The Morgan fingerprint density at radius 2 is 2.09 bits per heavy atom. The number of para-hydroxylation sites is 1. The molecule has 1 aliphatic carbocycles. The molecule has 126 valence electrons. The second kappa shape index (κ2) is 9.04. The number of nitrogens with zero attached hydrogens (tertiary/aromatic N) is 2. The van der Waals surface area contributed by atoms with Crippen molar-refractivity contribution in [1.82, 2.24) is 9.88 Å². The predicted octanol–water partition coefficient (Wildman–Crippen LogP) is 4.43.